The van der Waals surface area contributed by atoms with Gasteiger partial charge in [0.15, 0.2) is 0 Å². The molecule has 86 valence electrons. The number of rotatable bonds is 3. The molecule has 3 nitrogen and oxygen atoms in total. The van der Waals surface area contributed by atoms with Crippen LogP contribution in [0.2, 0.25) is 0 Å². The minimum atomic E-state index is 0.295. The molecule has 0 aliphatic heterocycles. The first-order valence-electron chi connectivity index (χ1n) is 5.45. The Balaban J connectivity index is 2.46. The smallest absolute Gasteiger partial charge is 0.102 e. The molecule has 0 heterocycles. The number of hydrogen-bond acceptors (Lipinski definition) is 3. The number of allylic oxidation sites excluding steroid dienone is 2. The van der Waals surface area contributed by atoms with Gasteiger partial charge < -0.3 is 16.8 Å². The summed E-state index contributed by atoms with van der Waals surface area (Å²) in [5, 5.41) is 3.59. The number of nitrogens with two attached hydrogens (primary N) is 2. The molecule has 0 saturated heterocycles. The van der Waals surface area contributed by atoms with E-state index >= 15 is 0 Å². The van der Waals surface area contributed by atoms with Crippen LogP contribution in [0.3, 0.4) is 0 Å². The third-order valence-corrected chi connectivity index (χ3v) is 3.02. The van der Waals surface area contributed by atoms with E-state index in [0.717, 1.165) is 5.57 Å². The zero-order chi connectivity index (χ0) is 11.3. The van der Waals surface area contributed by atoms with Crippen LogP contribution in [-0.2, 0) is 0 Å². The second-order valence-corrected chi connectivity index (χ2v) is 4.52. The Morgan fingerprint density at radius 1 is 1.27 bits per heavy atom. The lowest BCUT2D eigenvalue weighted by atomic mass is 9.95. The van der Waals surface area contributed by atoms with Crippen molar-refractivity contribution in [3.05, 3.63) is 22.6 Å². The summed E-state index contributed by atoms with van der Waals surface area (Å²) in [7, 11) is 0. The van der Waals surface area contributed by atoms with Gasteiger partial charge in [0.1, 0.15) is 5.16 Å². The molecule has 1 fully saturated rings. The summed E-state index contributed by atoms with van der Waals surface area (Å²) < 4.78 is 0. The molecular formula is C11H20ClN3. The van der Waals surface area contributed by atoms with Gasteiger partial charge in [0.25, 0.3) is 0 Å². The fourth-order valence-corrected chi connectivity index (χ4v) is 1.88. The second-order valence-electron chi connectivity index (χ2n) is 4.11. The Morgan fingerprint density at radius 3 is 2.40 bits per heavy atom. The molecule has 0 unspecified atom stereocenters. The van der Waals surface area contributed by atoms with E-state index in [1.54, 1.807) is 6.08 Å². The molecule has 0 bridgehead atoms. The van der Waals surface area contributed by atoms with Crippen molar-refractivity contribution in [2.24, 2.45) is 11.5 Å². The molecular weight excluding hydrogens is 210 g/mol. The highest BCUT2D eigenvalue weighted by Gasteiger charge is 2.12. The molecule has 0 spiro atoms. The summed E-state index contributed by atoms with van der Waals surface area (Å²) in [6, 6.07) is 0.513. The zero-order valence-corrected chi connectivity index (χ0v) is 9.98. The van der Waals surface area contributed by atoms with Crippen LogP contribution < -0.4 is 16.8 Å². The Morgan fingerprint density at radius 2 is 1.87 bits per heavy atom. The van der Waals surface area contributed by atoms with E-state index < -0.39 is 0 Å². The van der Waals surface area contributed by atoms with E-state index in [0.29, 0.717) is 17.0 Å². The summed E-state index contributed by atoms with van der Waals surface area (Å²) >= 11 is 5.64. The van der Waals surface area contributed by atoms with Gasteiger partial charge in [-0.3, -0.25) is 0 Å². The van der Waals surface area contributed by atoms with E-state index in [1.165, 1.54) is 32.1 Å². The summed E-state index contributed by atoms with van der Waals surface area (Å²) in [5.41, 5.74) is 12.1. The first-order valence-corrected chi connectivity index (χ1v) is 5.83. The molecule has 0 radical (unpaired) electrons. The Labute approximate surface area is 96.5 Å². The highest BCUT2D eigenvalue weighted by molar-refractivity contribution is 6.29. The van der Waals surface area contributed by atoms with Gasteiger partial charge in [-0.15, -0.1) is 0 Å². The Hall–Kier alpha value is -0.830. The van der Waals surface area contributed by atoms with Crippen molar-refractivity contribution in [3.8, 4) is 0 Å². The third-order valence-electron chi connectivity index (χ3n) is 2.72. The monoisotopic (exact) mass is 229 g/mol. The first-order chi connectivity index (χ1) is 7.09. The molecule has 1 saturated carbocycles. The topological polar surface area (TPSA) is 64.1 Å². The Bertz CT molecular complexity index is 261. The highest BCUT2D eigenvalue weighted by atomic mass is 35.5. The van der Waals surface area contributed by atoms with Crippen LogP contribution in [0.4, 0.5) is 0 Å². The molecule has 0 aromatic carbocycles. The van der Waals surface area contributed by atoms with Crippen LogP contribution in [0.15, 0.2) is 22.6 Å². The van der Waals surface area contributed by atoms with E-state index in [-0.39, 0.29) is 0 Å². The van der Waals surface area contributed by atoms with Crippen LogP contribution >= 0.6 is 11.6 Å². The van der Waals surface area contributed by atoms with Gasteiger partial charge in [0, 0.05) is 6.04 Å². The molecule has 4 heteroatoms. The maximum absolute atomic E-state index is 5.84. The summed E-state index contributed by atoms with van der Waals surface area (Å²) in [6.07, 6.45) is 8.11. The van der Waals surface area contributed by atoms with E-state index in [2.05, 4.69) is 5.32 Å². The van der Waals surface area contributed by atoms with Gasteiger partial charge in [-0.25, -0.2) is 0 Å². The van der Waals surface area contributed by atoms with E-state index in [1.807, 2.05) is 6.92 Å². The first kappa shape index (κ1) is 12.2. The van der Waals surface area contributed by atoms with E-state index in [9.17, 15) is 0 Å². The molecule has 0 amide bonds. The molecule has 0 aromatic heterocycles. The number of halogens is 1. The maximum atomic E-state index is 5.84. The molecule has 0 atom stereocenters. The molecule has 1 rings (SSSR count). The second kappa shape index (κ2) is 5.91. The van der Waals surface area contributed by atoms with Gasteiger partial charge in [-0.05, 0) is 31.4 Å². The van der Waals surface area contributed by atoms with Crippen LogP contribution in [0.25, 0.3) is 0 Å². The molecule has 5 N–H and O–H groups in total. The van der Waals surface area contributed by atoms with Crippen molar-refractivity contribution in [3.63, 3.8) is 0 Å². The predicted octanol–water partition coefficient (Wildman–Crippen LogP) is 2.14. The van der Waals surface area contributed by atoms with Crippen molar-refractivity contribution < 1.29 is 0 Å². The molecule has 1 aliphatic rings. The lowest BCUT2D eigenvalue weighted by molar-refractivity contribution is 0.395. The van der Waals surface area contributed by atoms with Crippen molar-refractivity contribution >= 4 is 11.6 Å². The summed E-state index contributed by atoms with van der Waals surface area (Å²) in [6.45, 7) is 1.84. The lowest BCUT2D eigenvalue weighted by Gasteiger charge is -2.23. The molecule has 1 aliphatic carbocycles. The maximum Gasteiger partial charge on any atom is 0.102 e. The summed E-state index contributed by atoms with van der Waals surface area (Å²) in [5.74, 6) is 0.656. The van der Waals surface area contributed by atoms with Crippen molar-refractivity contribution in [1.29, 1.82) is 0 Å². The molecule has 15 heavy (non-hydrogen) atoms. The number of nitrogens with one attached hydrogen (secondary N) is 1. The summed E-state index contributed by atoms with van der Waals surface area (Å²) in [4.78, 5) is 0. The van der Waals surface area contributed by atoms with Gasteiger partial charge in [-0.1, -0.05) is 30.9 Å². The van der Waals surface area contributed by atoms with Crippen molar-refractivity contribution in [2.75, 3.05) is 0 Å². The normalized spacial score (nSPS) is 21.1. The third kappa shape index (κ3) is 4.47. The van der Waals surface area contributed by atoms with Crippen LogP contribution in [-0.4, -0.2) is 6.04 Å². The highest BCUT2D eigenvalue weighted by Crippen LogP contribution is 2.18. The number of hydrogen-bond donors (Lipinski definition) is 3. The van der Waals surface area contributed by atoms with Crippen molar-refractivity contribution in [1.82, 2.24) is 5.32 Å². The fraction of sp³-hybridized carbons (Fsp3) is 0.636. The standard InChI is InChI=1S/C11H20ClN3/c1-8(11(12)14)7-10(13)15-9-5-3-2-4-6-9/h7,9,15H,2-6,13-14H2,1H3/b10-7+,11-8-. The minimum absolute atomic E-state index is 0.295. The predicted molar refractivity (Wildman–Crippen MR) is 65.0 cm³/mol. The fourth-order valence-electron chi connectivity index (χ4n) is 1.83. The quantitative estimate of drug-likeness (QED) is 0.513. The molecule has 0 aromatic rings. The van der Waals surface area contributed by atoms with Crippen LogP contribution in [0, 0.1) is 0 Å². The van der Waals surface area contributed by atoms with E-state index in [4.69, 9.17) is 23.1 Å². The lowest BCUT2D eigenvalue weighted by Crippen LogP contribution is -2.33. The minimum Gasteiger partial charge on any atom is -0.389 e. The van der Waals surface area contributed by atoms with Crippen molar-refractivity contribution in [2.45, 2.75) is 45.1 Å². The average molecular weight is 230 g/mol. The van der Waals surface area contributed by atoms with Gasteiger partial charge in [0.2, 0.25) is 0 Å². The van der Waals surface area contributed by atoms with Gasteiger partial charge in [-0.2, -0.15) is 0 Å². The van der Waals surface area contributed by atoms with Gasteiger partial charge in [0.05, 0.1) is 5.82 Å². The van der Waals surface area contributed by atoms with Gasteiger partial charge >= 0.3 is 0 Å². The van der Waals surface area contributed by atoms with Crippen LogP contribution in [0.5, 0.6) is 0 Å². The average Bonchev–Trinajstić information content (AvgIpc) is 2.18. The zero-order valence-electron chi connectivity index (χ0n) is 9.22. The van der Waals surface area contributed by atoms with Crippen LogP contribution in [0.1, 0.15) is 39.0 Å². The SMILES string of the molecule is CC(/C=C(\N)NC1CCCCC1)=C(/N)Cl. The largest absolute Gasteiger partial charge is 0.389 e. The Kier molecular flexibility index (Phi) is 4.82.